The maximum atomic E-state index is 12.8. The minimum atomic E-state index is -0.596. The largest absolute Gasteiger partial charge is 0.485 e. The average Bonchev–Trinajstić information content (AvgIpc) is 3.26. The highest BCUT2D eigenvalue weighted by atomic mass is 16.5. The Hall–Kier alpha value is -2.42. The van der Waals surface area contributed by atoms with Crippen molar-refractivity contribution in [1.29, 1.82) is 0 Å². The van der Waals surface area contributed by atoms with Crippen molar-refractivity contribution >= 4 is 11.6 Å². The molecule has 3 nitrogen and oxygen atoms in total. The minimum Gasteiger partial charge on any atom is -0.485 e. The summed E-state index contributed by atoms with van der Waals surface area (Å²) in [4.78, 5) is 25.4. The van der Waals surface area contributed by atoms with Crippen LogP contribution in [-0.4, -0.2) is 17.2 Å². The van der Waals surface area contributed by atoms with E-state index in [1.165, 1.54) is 0 Å². The lowest BCUT2D eigenvalue weighted by Gasteiger charge is -2.31. The molecular weight excluding hydrogens is 288 g/mol. The first-order chi connectivity index (χ1) is 11.2. The number of ether oxygens (including phenoxy) is 1. The van der Waals surface area contributed by atoms with Crippen LogP contribution >= 0.6 is 0 Å². The highest BCUT2D eigenvalue weighted by Crippen LogP contribution is 2.65. The Morgan fingerprint density at radius 3 is 2.48 bits per heavy atom. The minimum absolute atomic E-state index is 0.0823. The van der Waals surface area contributed by atoms with Crippen LogP contribution in [0.2, 0.25) is 0 Å². The second-order valence-electron chi connectivity index (χ2n) is 6.85. The van der Waals surface area contributed by atoms with Gasteiger partial charge in [0.1, 0.15) is 17.1 Å². The molecule has 2 fully saturated rings. The monoisotopic (exact) mass is 304 g/mol. The van der Waals surface area contributed by atoms with Gasteiger partial charge in [0.2, 0.25) is 0 Å². The molecule has 3 heteroatoms. The molecule has 0 bridgehead atoms. The second kappa shape index (κ2) is 4.31. The van der Waals surface area contributed by atoms with Crippen LogP contribution in [0.1, 0.15) is 34.7 Å². The van der Waals surface area contributed by atoms with Crippen LogP contribution in [-0.2, 0) is 4.79 Å². The van der Waals surface area contributed by atoms with Gasteiger partial charge in [-0.05, 0) is 30.0 Å². The number of carbonyl (C=O) groups is 2. The van der Waals surface area contributed by atoms with Crippen LogP contribution < -0.4 is 4.74 Å². The number of ketones is 2. The molecule has 5 rings (SSSR count). The molecule has 0 aromatic heterocycles. The topological polar surface area (TPSA) is 43.4 Å². The van der Waals surface area contributed by atoms with Gasteiger partial charge in [0.15, 0.2) is 5.78 Å². The molecule has 4 atom stereocenters. The summed E-state index contributed by atoms with van der Waals surface area (Å²) in [6.45, 7) is 0. The standard InChI is InChI=1S/C20H16O3/c21-15-10-13(12-6-2-1-3-7-12)11-20-17(15)18(20)19(22)14-8-4-5-9-16(14)23-20/h1-9,13,17-18H,10-11H2. The van der Waals surface area contributed by atoms with E-state index in [9.17, 15) is 9.59 Å². The summed E-state index contributed by atoms with van der Waals surface area (Å²) >= 11 is 0. The van der Waals surface area contributed by atoms with Crippen LogP contribution in [0, 0.1) is 11.8 Å². The molecule has 1 aliphatic heterocycles. The van der Waals surface area contributed by atoms with Gasteiger partial charge in [-0.3, -0.25) is 9.59 Å². The normalized spacial score (nSPS) is 34.0. The molecule has 0 radical (unpaired) electrons. The molecule has 2 aromatic carbocycles. The lowest BCUT2D eigenvalue weighted by atomic mass is 9.81. The SMILES string of the molecule is O=C1CC(c2ccccc2)CC23Oc4ccccc4C(=O)C2C13. The van der Waals surface area contributed by atoms with Crippen molar-refractivity contribution in [1.82, 2.24) is 0 Å². The number of fused-ring (bicyclic) bond motifs is 2. The summed E-state index contributed by atoms with van der Waals surface area (Å²) in [6, 6.07) is 17.4. The van der Waals surface area contributed by atoms with Gasteiger partial charge >= 0.3 is 0 Å². The first kappa shape index (κ1) is 13.1. The Morgan fingerprint density at radius 1 is 0.913 bits per heavy atom. The Balaban J connectivity index is 1.55. The number of hydrogen-bond donors (Lipinski definition) is 0. The summed E-state index contributed by atoms with van der Waals surface area (Å²) in [5.74, 6) is 0.511. The second-order valence-corrected chi connectivity index (χ2v) is 6.85. The third kappa shape index (κ3) is 1.65. The van der Waals surface area contributed by atoms with Crippen LogP contribution in [0.4, 0.5) is 0 Å². The highest BCUT2D eigenvalue weighted by Gasteiger charge is 2.77. The van der Waals surface area contributed by atoms with Crippen LogP contribution in [0.25, 0.3) is 0 Å². The molecule has 0 amide bonds. The van der Waals surface area contributed by atoms with Gasteiger partial charge in [0.05, 0.1) is 17.4 Å². The number of hydrogen-bond acceptors (Lipinski definition) is 3. The van der Waals surface area contributed by atoms with E-state index in [0.29, 0.717) is 17.7 Å². The first-order valence-corrected chi connectivity index (χ1v) is 8.10. The molecule has 3 aliphatic rings. The number of para-hydroxylation sites is 1. The van der Waals surface area contributed by atoms with Gasteiger partial charge in [-0.2, -0.15) is 0 Å². The lowest BCUT2D eigenvalue weighted by molar-refractivity contribution is -0.123. The van der Waals surface area contributed by atoms with Crippen molar-refractivity contribution in [2.45, 2.75) is 24.4 Å². The zero-order valence-corrected chi connectivity index (χ0v) is 12.6. The molecule has 0 saturated heterocycles. The van der Waals surface area contributed by atoms with Crippen LogP contribution in [0.5, 0.6) is 5.75 Å². The summed E-state index contributed by atoms with van der Waals surface area (Å²) in [6.07, 6.45) is 1.26. The van der Waals surface area contributed by atoms with Gasteiger partial charge in [-0.15, -0.1) is 0 Å². The predicted molar refractivity (Wildman–Crippen MR) is 84.5 cm³/mol. The molecule has 2 saturated carbocycles. The van der Waals surface area contributed by atoms with Crippen LogP contribution in [0.15, 0.2) is 54.6 Å². The van der Waals surface area contributed by atoms with Gasteiger partial charge < -0.3 is 4.74 Å². The molecule has 23 heavy (non-hydrogen) atoms. The summed E-state index contributed by atoms with van der Waals surface area (Å²) in [5.41, 5.74) is 1.19. The average molecular weight is 304 g/mol. The van der Waals surface area contributed by atoms with Crippen molar-refractivity contribution in [2.75, 3.05) is 0 Å². The molecule has 114 valence electrons. The van der Waals surface area contributed by atoms with Gasteiger partial charge in [0.25, 0.3) is 0 Å². The molecule has 1 heterocycles. The summed E-state index contributed by atoms with van der Waals surface area (Å²) in [7, 11) is 0. The zero-order valence-electron chi connectivity index (χ0n) is 12.6. The number of carbonyl (C=O) groups excluding carboxylic acids is 2. The maximum absolute atomic E-state index is 12.8. The van der Waals surface area contributed by atoms with Crippen molar-refractivity contribution in [3.05, 3.63) is 65.7 Å². The maximum Gasteiger partial charge on any atom is 0.174 e. The Morgan fingerprint density at radius 2 is 1.65 bits per heavy atom. The van der Waals surface area contributed by atoms with Crippen molar-refractivity contribution in [2.24, 2.45) is 11.8 Å². The predicted octanol–water partition coefficient (Wildman–Crippen LogP) is 3.39. The van der Waals surface area contributed by atoms with E-state index in [1.54, 1.807) is 6.07 Å². The van der Waals surface area contributed by atoms with E-state index in [4.69, 9.17) is 4.74 Å². The van der Waals surface area contributed by atoms with E-state index in [-0.39, 0.29) is 29.3 Å². The fraction of sp³-hybridized carbons (Fsp3) is 0.300. The summed E-state index contributed by atoms with van der Waals surface area (Å²) < 4.78 is 6.25. The van der Waals surface area contributed by atoms with Gasteiger partial charge in [-0.1, -0.05) is 42.5 Å². The van der Waals surface area contributed by atoms with E-state index in [0.717, 1.165) is 12.0 Å². The van der Waals surface area contributed by atoms with E-state index < -0.39 is 5.60 Å². The zero-order chi connectivity index (χ0) is 15.6. The van der Waals surface area contributed by atoms with Crippen molar-refractivity contribution in [3.63, 3.8) is 0 Å². The Kier molecular flexibility index (Phi) is 2.45. The molecule has 2 aromatic rings. The molecular formula is C20H16O3. The Labute approximate surface area is 134 Å². The quantitative estimate of drug-likeness (QED) is 0.811. The molecule has 0 N–H and O–H groups in total. The summed E-state index contributed by atoms with van der Waals surface area (Å²) in [5, 5.41) is 0. The van der Waals surface area contributed by atoms with Gasteiger partial charge in [0, 0.05) is 6.42 Å². The van der Waals surface area contributed by atoms with Crippen molar-refractivity contribution in [3.8, 4) is 5.75 Å². The number of benzene rings is 2. The third-order valence-corrected chi connectivity index (χ3v) is 5.64. The Bertz CT molecular complexity index is 826. The van der Waals surface area contributed by atoms with Crippen LogP contribution in [0.3, 0.4) is 0 Å². The smallest absolute Gasteiger partial charge is 0.174 e. The fourth-order valence-electron chi connectivity index (χ4n) is 4.59. The molecule has 1 spiro atoms. The van der Waals surface area contributed by atoms with Gasteiger partial charge in [-0.25, -0.2) is 0 Å². The first-order valence-electron chi connectivity index (χ1n) is 8.10. The highest BCUT2D eigenvalue weighted by molar-refractivity contribution is 6.09. The molecule has 4 unspecified atom stereocenters. The lowest BCUT2D eigenvalue weighted by Crippen LogP contribution is -2.36. The van der Waals surface area contributed by atoms with E-state index >= 15 is 0 Å². The van der Waals surface area contributed by atoms with E-state index in [2.05, 4.69) is 12.1 Å². The van der Waals surface area contributed by atoms with Crippen molar-refractivity contribution < 1.29 is 14.3 Å². The number of Topliss-reactive ketones (excluding diaryl/α,β-unsaturated/α-hetero) is 2. The third-order valence-electron chi connectivity index (χ3n) is 5.64. The molecule has 2 aliphatic carbocycles. The fourth-order valence-corrected chi connectivity index (χ4v) is 4.59. The van der Waals surface area contributed by atoms with E-state index in [1.807, 2.05) is 36.4 Å². The number of rotatable bonds is 1.